The Morgan fingerprint density at radius 3 is 2.92 bits per heavy atom. The lowest BCUT2D eigenvalue weighted by Crippen LogP contribution is -2.02. The predicted molar refractivity (Wildman–Crippen MR) is 43.5 cm³/mol. The van der Waals surface area contributed by atoms with Crippen LogP contribution in [0.5, 0.6) is 0 Å². The third kappa shape index (κ3) is 0.777. The maximum atomic E-state index is 13.0. The summed E-state index contributed by atoms with van der Waals surface area (Å²) >= 11 is 0. The zero-order valence-electron chi connectivity index (χ0n) is 6.47. The molecule has 0 saturated carbocycles. The minimum atomic E-state index is -0.477. The van der Waals surface area contributed by atoms with E-state index in [2.05, 4.69) is 5.10 Å². The van der Waals surface area contributed by atoms with Crippen LogP contribution in [0, 0.1) is 5.82 Å². The minimum absolute atomic E-state index is 0.125. The Morgan fingerprint density at radius 1 is 1.50 bits per heavy atom. The second-order valence-corrected chi connectivity index (χ2v) is 2.63. The van der Waals surface area contributed by atoms with Gasteiger partial charge in [0.15, 0.2) is 0 Å². The largest absolute Gasteiger partial charge is 0.287 e. The van der Waals surface area contributed by atoms with Crippen LogP contribution in [0.3, 0.4) is 0 Å². The van der Waals surface area contributed by atoms with Crippen LogP contribution in [0.25, 0.3) is 10.9 Å². The van der Waals surface area contributed by atoms with Gasteiger partial charge in [0, 0.05) is 7.05 Å². The molecule has 12 heavy (non-hydrogen) atoms. The molecule has 0 bridgehead atoms. The van der Waals surface area contributed by atoms with Crippen molar-refractivity contribution in [3.8, 4) is 0 Å². The molecule has 2 rings (SSSR count). The van der Waals surface area contributed by atoms with Gasteiger partial charge in [0.05, 0.1) is 5.52 Å². The summed E-state index contributed by atoms with van der Waals surface area (Å²) in [6.45, 7) is 0. The molecular weight excluding hydrogens is 159 g/mol. The first-order chi connectivity index (χ1) is 5.70. The summed E-state index contributed by atoms with van der Waals surface area (Å²) in [4.78, 5) is 11.1. The van der Waals surface area contributed by atoms with Crippen molar-refractivity contribution in [2.75, 3.05) is 0 Å². The molecule has 62 valence electrons. The van der Waals surface area contributed by atoms with Crippen molar-refractivity contribution in [1.29, 1.82) is 0 Å². The number of nitrogens with zero attached hydrogens (tertiary/aromatic N) is 1. The molecule has 1 heterocycles. The number of H-pyrrole nitrogens is 1. The standard InChI is InChI=1S/C8H7FN2O/c1-11-6-4-2-3-5(9)7(6)8(12)10-11/h2-4H,1H3,(H,10,12). The SMILES string of the molecule is Cn1[nH]c(=O)c2c(F)cccc21. The summed E-state index contributed by atoms with van der Waals surface area (Å²) in [6.07, 6.45) is 0. The van der Waals surface area contributed by atoms with E-state index in [0.29, 0.717) is 5.52 Å². The fourth-order valence-corrected chi connectivity index (χ4v) is 1.29. The molecule has 0 aliphatic rings. The first-order valence-electron chi connectivity index (χ1n) is 3.53. The second-order valence-electron chi connectivity index (χ2n) is 2.63. The molecule has 0 spiro atoms. The number of hydrogen-bond donors (Lipinski definition) is 1. The molecule has 3 nitrogen and oxygen atoms in total. The van der Waals surface area contributed by atoms with E-state index in [-0.39, 0.29) is 10.9 Å². The summed E-state index contributed by atoms with van der Waals surface area (Å²) in [6, 6.07) is 4.54. The van der Waals surface area contributed by atoms with E-state index >= 15 is 0 Å². The van der Waals surface area contributed by atoms with Crippen LogP contribution < -0.4 is 5.56 Å². The molecule has 1 aromatic carbocycles. The fraction of sp³-hybridized carbons (Fsp3) is 0.125. The highest BCUT2D eigenvalue weighted by atomic mass is 19.1. The van der Waals surface area contributed by atoms with E-state index in [0.717, 1.165) is 0 Å². The molecule has 4 heteroatoms. The average molecular weight is 166 g/mol. The van der Waals surface area contributed by atoms with Gasteiger partial charge in [-0.1, -0.05) is 6.07 Å². The number of aromatic nitrogens is 2. The van der Waals surface area contributed by atoms with E-state index in [4.69, 9.17) is 0 Å². The number of aromatic amines is 1. The highest BCUT2D eigenvalue weighted by Crippen LogP contribution is 2.11. The molecule has 0 aliphatic carbocycles. The molecule has 0 atom stereocenters. The molecule has 0 saturated heterocycles. The van der Waals surface area contributed by atoms with Crippen molar-refractivity contribution < 1.29 is 4.39 Å². The molecule has 0 radical (unpaired) electrons. The predicted octanol–water partition coefficient (Wildman–Crippen LogP) is 1.01. The van der Waals surface area contributed by atoms with E-state index in [1.807, 2.05) is 0 Å². The van der Waals surface area contributed by atoms with Gasteiger partial charge in [-0.2, -0.15) is 0 Å². The highest BCUT2D eigenvalue weighted by molar-refractivity contribution is 5.78. The number of aryl methyl sites for hydroxylation is 1. The van der Waals surface area contributed by atoms with E-state index in [9.17, 15) is 9.18 Å². The molecule has 0 amide bonds. The summed E-state index contributed by atoms with van der Waals surface area (Å²) in [5.41, 5.74) is 0.200. The van der Waals surface area contributed by atoms with Crippen molar-refractivity contribution in [3.05, 3.63) is 34.4 Å². The Morgan fingerprint density at radius 2 is 2.25 bits per heavy atom. The van der Waals surface area contributed by atoms with E-state index < -0.39 is 5.82 Å². The van der Waals surface area contributed by atoms with Crippen LogP contribution >= 0.6 is 0 Å². The quantitative estimate of drug-likeness (QED) is 0.623. The molecule has 0 aliphatic heterocycles. The molecule has 1 aromatic heterocycles. The third-order valence-electron chi connectivity index (χ3n) is 1.85. The Hall–Kier alpha value is -1.58. The summed E-state index contributed by atoms with van der Waals surface area (Å²) in [5, 5.41) is 2.60. The summed E-state index contributed by atoms with van der Waals surface area (Å²) in [7, 11) is 1.67. The van der Waals surface area contributed by atoms with Gasteiger partial charge in [0.25, 0.3) is 5.56 Å². The van der Waals surface area contributed by atoms with Gasteiger partial charge in [0.2, 0.25) is 0 Å². The van der Waals surface area contributed by atoms with Crippen molar-refractivity contribution in [1.82, 2.24) is 9.78 Å². The van der Waals surface area contributed by atoms with Crippen molar-refractivity contribution >= 4 is 10.9 Å². The molecular formula is C8H7FN2O. The topological polar surface area (TPSA) is 37.8 Å². The highest BCUT2D eigenvalue weighted by Gasteiger charge is 2.07. The van der Waals surface area contributed by atoms with Gasteiger partial charge in [0.1, 0.15) is 11.2 Å². The summed E-state index contributed by atoms with van der Waals surface area (Å²) in [5.74, 6) is -0.477. The van der Waals surface area contributed by atoms with Gasteiger partial charge < -0.3 is 0 Å². The third-order valence-corrected chi connectivity index (χ3v) is 1.85. The number of nitrogens with one attached hydrogen (secondary N) is 1. The van der Waals surface area contributed by atoms with Crippen LogP contribution in [-0.2, 0) is 7.05 Å². The number of rotatable bonds is 0. The van der Waals surface area contributed by atoms with Gasteiger partial charge >= 0.3 is 0 Å². The number of hydrogen-bond acceptors (Lipinski definition) is 1. The Labute approximate surface area is 67.4 Å². The van der Waals surface area contributed by atoms with Gasteiger partial charge in [-0.15, -0.1) is 0 Å². The summed E-state index contributed by atoms with van der Waals surface area (Å²) < 4.78 is 14.5. The van der Waals surface area contributed by atoms with Gasteiger partial charge in [-0.3, -0.25) is 14.6 Å². The first-order valence-corrected chi connectivity index (χ1v) is 3.53. The van der Waals surface area contributed by atoms with Crippen LogP contribution in [0.15, 0.2) is 23.0 Å². The van der Waals surface area contributed by atoms with Gasteiger partial charge in [-0.05, 0) is 12.1 Å². The number of benzene rings is 1. The zero-order valence-corrected chi connectivity index (χ0v) is 6.47. The zero-order chi connectivity index (χ0) is 8.72. The lowest BCUT2D eigenvalue weighted by molar-refractivity contribution is 0.639. The molecule has 0 unspecified atom stereocenters. The maximum absolute atomic E-state index is 13.0. The van der Waals surface area contributed by atoms with Crippen molar-refractivity contribution in [2.24, 2.45) is 7.05 Å². The number of halogens is 1. The van der Waals surface area contributed by atoms with Crippen LogP contribution in [0.1, 0.15) is 0 Å². The molecule has 2 aromatic rings. The monoisotopic (exact) mass is 166 g/mol. The van der Waals surface area contributed by atoms with E-state index in [1.54, 1.807) is 19.2 Å². The maximum Gasteiger partial charge on any atom is 0.274 e. The molecule has 0 fully saturated rings. The van der Waals surface area contributed by atoms with Crippen molar-refractivity contribution in [2.45, 2.75) is 0 Å². The van der Waals surface area contributed by atoms with Crippen LogP contribution in [0.4, 0.5) is 4.39 Å². The lowest BCUT2D eigenvalue weighted by Gasteiger charge is -1.92. The van der Waals surface area contributed by atoms with Crippen LogP contribution in [0.2, 0.25) is 0 Å². The Kier molecular flexibility index (Phi) is 1.30. The minimum Gasteiger partial charge on any atom is -0.287 e. The number of fused-ring (bicyclic) bond motifs is 1. The lowest BCUT2D eigenvalue weighted by atomic mass is 10.2. The fourth-order valence-electron chi connectivity index (χ4n) is 1.29. The first kappa shape index (κ1) is 7.09. The smallest absolute Gasteiger partial charge is 0.274 e. The molecule has 1 N–H and O–H groups in total. The normalized spacial score (nSPS) is 10.8. The Balaban J connectivity index is 3.09. The van der Waals surface area contributed by atoms with Crippen molar-refractivity contribution in [3.63, 3.8) is 0 Å². The Bertz CT molecular complexity index is 483. The van der Waals surface area contributed by atoms with E-state index in [1.165, 1.54) is 10.7 Å². The average Bonchev–Trinajstić information content (AvgIpc) is 2.29. The van der Waals surface area contributed by atoms with Crippen LogP contribution in [-0.4, -0.2) is 9.78 Å². The van der Waals surface area contributed by atoms with Gasteiger partial charge in [-0.25, -0.2) is 4.39 Å². The second kappa shape index (κ2) is 2.20.